The van der Waals surface area contributed by atoms with Gasteiger partial charge in [-0.2, -0.15) is 0 Å². The topological polar surface area (TPSA) is 44.1 Å². The van der Waals surface area contributed by atoms with Crippen molar-refractivity contribution >= 4 is 16.9 Å². The molecule has 0 spiro atoms. The van der Waals surface area contributed by atoms with E-state index in [4.69, 9.17) is 4.74 Å². The van der Waals surface area contributed by atoms with E-state index in [1.54, 1.807) is 12.3 Å². The third kappa shape index (κ3) is 2.28. The minimum absolute atomic E-state index is 0.313. The fraction of sp³-hybridized carbons (Fsp3) is 0.125. The van der Waals surface area contributed by atoms with E-state index in [0.29, 0.717) is 5.56 Å². The molecule has 0 N–H and O–H groups in total. The number of carbonyl (C=O) groups excluding carboxylic acids is 1. The first-order valence-corrected chi connectivity index (χ1v) is 6.34. The number of pyridine rings is 1. The number of nitrogens with zero attached hydrogens (tertiary/aromatic N) is 2. The largest absolute Gasteiger partial charge is 0.465 e. The van der Waals surface area contributed by atoms with Gasteiger partial charge in [0.25, 0.3) is 0 Å². The van der Waals surface area contributed by atoms with Gasteiger partial charge in [-0.3, -0.25) is 4.98 Å². The molecule has 0 saturated carbocycles. The Morgan fingerprint density at radius 1 is 1.30 bits per heavy atom. The average molecular weight is 266 g/mol. The molecule has 2 heterocycles. The first-order chi connectivity index (χ1) is 9.78. The Hall–Kier alpha value is -2.62. The van der Waals surface area contributed by atoms with Crippen molar-refractivity contribution in [3.63, 3.8) is 0 Å². The first-order valence-electron chi connectivity index (χ1n) is 6.34. The smallest absolute Gasteiger partial charge is 0.337 e. The molecule has 100 valence electrons. The van der Waals surface area contributed by atoms with Crippen molar-refractivity contribution in [2.45, 2.75) is 6.54 Å². The zero-order chi connectivity index (χ0) is 13.9. The second-order valence-electron chi connectivity index (χ2n) is 4.57. The van der Waals surface area contributed by atoms with E-state index in [-0.39, 0.29) is 5.97 Å². The monoisotopic (exact) mass is 266 g/mol. The molecule has 0 amide bonds. The lowest BCUT2D eigenvalue weighted by Crippen LogP contribution is -2.01. The summed E-state index contributed by atoms with van der Waals surface area (Å²) in [5, 5.41) is 1.02. The minimum atomic E-state index is -0.313. The summed E-state index contributed by atoms with van der Waals surface area (Å²) < 4.78 is 6.87. The summed E-state index contributed by atoms with van der Waals surface area (Å²) in [5.74, 6) is -0.313. The number of benzene rings is 1. The number of hydrogen-bond donors (Lipinski definition) is 0. The molecule has 4 heteroatoms. The zero-order valence-corrected chi connectivity index (χ0v) is 11.1. The summed E-state index contributed by atoms with van der Waals surface area (Å²) in [6.45, 7) is 0.759. The number of ether oxygens (including phenoxy) is 1. The first kappa shape index (κ1) is 12.4. The van der Waals surface area contributed by atoms with Crippen LogP contribution in [0, 0.1) is 0 Å². The molecule has 0 unspecified atom stereocenters. The summed E-state index contributed by atoms with van der Waals surface area (Å²) in [4.78, 5) is 15.6. The molecule has 0 atom stereocenters. The van der Waals surface area contributed by atoms with Crippen molar-refractivity contribution in [2.75, 3.05) is 7.11 Å². The molecule has 0 aliphatic heterocycles. The number of rotatable bonds is 3. The predicted octanol–water partition coefficient (Wildman–Crippen LogP) is 2.87. The molecule has 20 heavy (non-hydrogen) atoms. The highest BCUT2D eigenvalue weighted by Crippen LogP contribution is 2.19. The molecule has 4 nitrogen and oxygen atoms in total. The summed E-state index contributed by atoms with van der Waals surface area (Å²) in [5.41, 5.74) is 2.79. The molecule has 0 saturated heterocycles. The van der Waals surface area contributed by atoms with Gasteiger partial charge in [-0.15, -0.1) is 0 Å². The number of hydrogen-bond acceptors (Lipinski definition) is 3. The number of aromatic nitrogens is 2. The Kier molecular flexibility index (Phi) is 3.21. The number of esters is 1. The zero-order valence-electron chi connectivity index (χ0n) is 11.1. The highest BCUT2D eigenvalue weighted by Gasteiger charge is 2.08. The van der Waals surface area contributed by atoms with E-state index < -0.39 is 0 Å². The fourth-order valence-corrected chi connectivity index (χ4v) is 2.27. The second-order valence-corrected chi connectivity index (χ2v) is 4.57. The van der Waals surface area contributed by atoms with Crippen molar-refractivity contribution in [1.29, 1.82) is 0 Å². The molecule has 3 aromatic rings. The molecule has 0 bridgehead atoms. The van der Waals surface area contributed by atoms with Crippen molar-refractivity contribution in [2.24, 2.45) is 0 Å². The quantitative estimate of drug-likeness (QED) is 0.685. The highest BCUT2D eigenvalue weighted by atomic mass is 16.5. The summed E-state index contributed by atoms with van der Waals surface area (Å²) in [7, 11) is 1.39. The molecule has 0 fully saturated rings. The van der Waals surface area contributed by atoms with Crippen LogP contribution in [0.25, 0.3) is 10.9 Å². The lowest BCUT2D eigenvalue weighted by atomic mass is 10.1. The summed E-state index contributed by atoms with van der Waals surface area (Å²) in [6, 6.07) is 11.5. The predicted molar refractivity (Wildman–Crippen MR) is 76.6 cm³/mol. The van der Waals surface area contributed by atoms with Gasteiger partial charge in [0, 0.05) is 36.0 Å². The van der Waals surface area contributed by atoms with E-state index in [1.807, 2.05) is 42.7 Å². The van der Waals surface area contributed by atoms with Crippen molar-refractivity contribution in [1.82, 2.24) is 9.55 Å². The van der Waals surface area contributed by atoms with Crippen LogP contribution in [0.1, 0.15) is 15.9 Å². The van der Waals surface area contributed by atoms with Gasteiger partial charge in [-0.25, -0.2) is 4.79 Å². The molecule has 3 rings (SSSR count). The van der Waals surface area contributed by atoms with E-state index in [0.717, 1.165) is 23.0 Å². The van der Waals surface area contributed by atoms with Crippen LogP contribution in [0.5, 0.6) is 0 Å². The molecule has 0 aliphatic carbocycles. The van der Waals surface area contributed by atoms with Crippen molar-refractivity contribution in [3.8, 4) is 0 Å². The lowest BCUT2D eigenvalue weighted by Gasteiger charge is -2.06. The maximum Gasteiger partial charge on any atom is 0.337 e. The SMILES string of the molecule is COC(=O)c1ccc2c(ccn2Cc2cccnc2)c1. The molecule has 0 radical (unpaired) electrons. The molecule has 1 aromatic carbocycles. The Bertz CT molecular complexity index is 748. The van der Waals surface area contributed by atoms with Crippen molar-refractivity contribution < 1.29 is 9.53 Å². The van der Waals surface area contributed by atoms with Gasteiger partial charge in [0.1, 0.15) is 0 Å². The lowest BCUT2D eigenvalue weighted by molar-refractivity contribution is 0.0601. The van der Waals surface area contributed by atoms with Crippen molar-refractivity contribution in [3.05, 3.63) is 66.1 Å². The Morgan fingerprint density at radius 2 is 2.20 bits per heavy atom. The Balaban J connectivity index is 1.96. The third-order valence-corrected chi connectivity index (χ3v) is 3.27. The van der Waals surface area contributed by atoms with Crippen LogP contribution in [0.4, 0.5) is 0 Å². The maximum atomic E-state index is 11.5. The standard InChI is InChI=1S/C16H14N2O2/c1-20-16(19)14-4-5-15-13(9-14)6-8-18(15)11-12-3-2-7-17-10-12/h2-10H,11H2,1H3. The van der Waals surface area contributed by atoms with Crippen LogP contribution in [0.2, 0.25) is 0 Å². The molecular weight excluding hydrogens is 252 g/mol. The Labute approximate surface area is 116 Å². The average Bonchev–Trinajstić information content (AvgIpc) is 2.90. The normalized spacial score (nSPS) is 10.7. The minimum Gasteiger partial charge on any atom is -0.465 e. The fourth-order valence-electron chi connectivity index (χ4n) is 2.27. The maximum absolute atomic E-state index is 11.5. The van der Waals surface area contributed by atoms with Crippen LogP contribution < -0.4 is 0 Å². The molecule has 2 aromatic heterocycles. The molecular formula is C16H14N2O2. The van der Waals surface area contributed by atoms with Gasteiger partial charge < -0.3 is 9.30 Å². The summed E-state index contributed by atoms with van der Waals surface area (Å²) >= 11 is 0. The number of fused-ring (bicyclic) bond motifs is 1. The number of methoxy groups -OCH3 is 1. The van der Waals surface area contributed by atoms with E-state index in [1.165, 1.54) is 7.11 Å². The van der Waals surface area contributed by atoms with Gasteiger partial charge in [0.05, 0.1) is 12.7 Å². The van der Waals surface area contributed by atoms with Crippen LogP contribution in [-0.2, 0) is 11.3 Å². The third-order valence-electron chi connectivity index (χ3n) is 3.27. The van der Waals surface area contributed by atoms with Gasteiger partial charge >= 0.3 is 5.97 Å². The van der Waals surface area contributed by atoms with E-state index in [2.05, 4.69) is 9.55 Å². The highest BCUT2D eigenvalue weighted by molar-refractivity contribution is 5.94. The number of carbonyl (C=O) groups is 1. The van der Waals surface area contributed by atoms with E-state index >= 15 is 0 Å². The van der Waals surface area contributed by atoms with E-state index in [9.17, 15) is 4.79 Å². The Morgan fingerprint density at radius 3 is 2.95 bits per heavy atom. The van der Waals surface area contributed by atoms with Crippen LogP contribution in [0.15, 0.2) is 55.0 Å². The van der Waals surface area contributed by atoms with Gasteiger partial charge in [0.2, 0.25) is 0 Å². The van der Waals surface area contributed by atoms with Crippen LogP contribution in [0.3, 0.4) is 0 Å². The van der Waals surface area contributed by atoms with Crippen LogP contribution in [-0.4, -0.2) is 22.6 Å². The molecule has 0 aliphatic rings. The van der Waals surface area contributed by atoms with Gasteiger partial charge in [-0.05, 0) is 35.9 Å². The second kappa shape index (κ2) is 5.17. The van der Waals surface area contributed by atoms with Crippen LogP contribution >= 0.6 is 0 Å². The summed E-state index contributed by atoms with van der Waals surface area (Å²) in [6.07, 6.45) is 5.63. The van der Waals surface area contributed by atoms with Gasteiger partial charge in [-0.1, -0.05) is 6.07 Å². The van der Waals surface area contributed by atoms with Gasteiger partial charge in [0.15, 0.2) is 0 Å².